The molecule has 1 aromatic heterocycles. The van der Waals surface area contributed by atoms with Crippen LogP contribution in [0.3, 0.4) is 0 Å². The highest BCUT2D eigenvalue weighted by atomic mass is 32.1. The Morgan fingerprint density at radius 3 is 2.67 bits per heavy atom. The standard InChI is InChI=1S/C11H14N2OS/c1-3-11(4-2,8-12)10(14)13-9-5-6-15-7-9/h5-7H,3-4H2,1-2H3,(H,13,14). The van der Waals surface area contributed by atoms with Gasteiger partial charge in [-0.1, -0.05) is 13.8 Å². The van der Waals surface area contributed by atoms with Crippen molar-refractivity contribution in [1.82, 2.24) is 0 Å². The van der Waals surface area contributed by atoms with Crippen LogP contribution in [0, 0.1) is 16.7 Å². The fraction of sp³-hybridized carbons (Fsp3) is 0.455. The van der Waals surface area contributed by atoms with Crippen molar-refractivity contribution < 1.29 is 4.79 Å². The molecule has 3 nitrogen and oxygen atoms in total. The topological polar surface area (TPSA) is 52.9 Å². The zero-order valence-corrected chi connectivity index (χ0v) is 9.73. The van der Waals surface area contributed by atoms with E-state index in [1.807, 2.05) is 30.7 Å². The molecule has 0 aliphatic carbocycles. The molecule has 0 saturated heterocycles. The van der Waals surface area contributed by atoms with E-state index in [-0.39, 0.29) is 5.91 Å². The van der Waals surface area contributed by atoms with Crippen LogP contribution in [0.4, 0.5) is 5.69 Å². The Bertz CT molecular complexity index is 360. The molecule has 0 aromatic carbocycles. The number of nitrogens with zero attached hydrogens (tertiary/aromatic N) is 1. The smallest absolute Gasteiger partial charge is 0.244 e. The van der Waals surface area contributed by atoms with Gasteiger partial charge in [-0.3, -0.25) is 4.79 Å². The normalized spacial score (nSPS) is 10.7. The minimum atomic E-state index is -0.887. The first kappa shape index (κ1) is 11.7. The summed E-state index contributed by atoms with van der Waals surface area (Å²) in [6, 6.07) is 3.95. The number of rotatable bonds is 4. The van der Waals surface area contributed by atoms with Gasteiger partial charge in [0.25, 0.3) is 0 Å². The lowest BCUT2D eigenvalue weighted by Gasteiger charge is -2.21. The predicted molar refractivity (Wildman–Crippen MR) is 61.6 cm³/mol. The molecule has 15 heavy (non-hydrogen) atoms. The van der Waals surface area contributed by atoms with Crippen LogP contribution in [0.5, 0.6) is 0 Å². The van der Waals surface area contributed by atoms with Gasteiger partial charge in [-0.2, -0.15) is 16.6 Å². The summed E-state index contributed by atoms with van der Waals surface area (Å²) >= 11 is 1.52. The number of amides is 1. The monoisotopic (exact) mass is 222 g/mol. The molecule has 0 bridgehead atoms. The molecule has 1 aromatic rings. The second-order valence-corrected chi connectivity index (χ2v) is 4.15. The van der Waals surface area contributed by atoms with Crippen LogP contribution in [-0.4, -0.2) is 5.91 Å². The number of carbonyl (C=O) groups excluding carboxylic acids is 1. The summed E-state index contributed by atoms with van der Waals surface area (Å²) < 4.78 is 0. The lowest BCUT2D eigenvalue weighted by Crippen LogP contribution is -2.33. The van der Waals surface area contributed by atoms with Gasteiger partial charge < -0.3 is 5.32 Å². The van der Waals surface area contributed by atoms with E-state index in [1.165, 1.54) is 11.3 Å². The van der Waals surface area contributed by atoms with E-state index in [9.17, 15) is 4.79 Å². The molecule has 0 aliphatic heterocycles. The van der Waals surface area contributed by atoms with Gasteiger partial charge in [0, 0.05) is 5.38 Å². The molecule has 1 N–H and O–H groups in total. The number of nitriles is 1. The van der Waals surface area contributed by atoms with Crippen molar-refractivity contribution in [1.29, 1.82) is 5.26 Å². The van der Waals surface area contributed by atoms with Crippen LogP contribution < -0.4 is 5.32 Å². The maximum absolute atomic E-state index is 11.9. The van der Waals surface area contributed by atoms with Gasteiger partial charge in [0.2, 0.25) is 5.91 Å². The fourth-order valence-corrected chi connectivity index (χ4v) is 1.95. The highest BCUT2D eigenvalue weighted by Gasteiger charge is 2.34. The number of carbonyl (C=O) groups is 1. The predicted octanol–water partition coefficient (Wildman–Crippen LogP) is 3.02. The van der Waals surface area contributed by atoms with Crippen LogP contribution in [0.2, 0.25) is 0 Å². The van der Waals surface area contributed by atoms with Crippen molar-refractivity contribution in [2.75, 3.05) is 5.32 Å². The van der Waals surface area contributed by atoms with Crippen molar-refractivity contribution in [2.24, 2.45) is 5.41 Å². The van der Waals surface area contributed by atoms with E-state index in [4.69, 9.17) is 5.26 Å². The lowest BCUT2D eigenvalue weighted by molar-refractivity contribution is -0.123. The van der Waals surface area contributed by atoms with Crippen LogP contribution in [0.1, 0.15) is 26.7 Å². The largest absolute Gasteiger partial charge is 0.324 e. The Morgan fingerprint density at radius 2 is 2.27 bits per heavy atom. The summed E-state index contributed by atoms with van der Waals surface area (Å²) in [7, 11) is 0. The van der Waals surface area contributed by atoms with Gasteiger partial charge in [0.05, 0.1) is 11.8 Å². The van der Waals surface area contributed by atoms with Crippen LogP contribution in [0.15, 0.2) is 16.8 Å². The number of thiophene rings is 1. The van der Waals surface area contributed by atoms with E-state index < -0.39 is 5.41 Å². The van der Waals surface area contributed by atoms with Gasteiger partial charge in [-0.05, 0) is 24.3 Å². The first-order valence-corrected chi connectivity index (χ1v) is 5.87. The maximum atomic E-state index is 11.9. The van der Waals surface area contributed by atoms with Crippen LogP contribution in [-0.2, 0) is 4.79 Å². The molecule has 0 aliphatic rings. The molecule has 0 radical (unpaired) electrons. The number of hydrogen-bond acceptors (Lipinski definition) is 3. The van der Waals surface area contributed by atoms with Crippen molar-refractivity contribution in [3.05, 3.63) is 16.8 Å². The molecule has 0 atom stereocenters. The Morgan fingerprint density at radius 1 is 1.60 bits per heavy atom. The first-order chi connectivity index (χ1) is 7.18. The summed E-state index contributed by atoms with van der Waals surface area (Å²) in [5, 5.41) is 15.6. The number of hydrogen-bond donors (Lipinski definition) is 1. The molecule has 1 heterocycles. The van der Waals surface area contributed by atoms with Crippen LogP contribution in [0.25, 0.3) is 0 Å². The van der Waals surface area contributed by atoms with Gasteiger partial charge in [0.1, 0.15) is 5.41 Å². The van der Waals surface area contributed by atoms with E-state index in [2.05, 4.69) is 11.4 Å². The van der Waals surface area contributed by atoms with E-state index in [0.29, 0.717) is 12.8 Å². The molecular weight excluding hydrogens is 208 g/mol. The Kier molecular flexibility index (Phi) is 3.87. The number of anilines is 1. The molecular formula is C11H14N2OS. The van der Waals surface area contributed by atoms with E-state index in [0.717, 1.165) is 5.69 Å². The fourth-order valence-electron chi connectivity index (χ4n) is 1.37. The molecule has 4 heteroatoms. The summed E-state index contributed by atoms with van der Waals surface area (Å²) in [5.41, 5.74) is -0.117. The zero-order valence-electron chi connectivity index (χ0n) is 8.91. The lowest BCUT2D eigenvalue weighted by atomic mass is 9.83. The molecule has 0 unspecified atom stereocenters. The van der Waals surface area contributed by atoms with E-state index in [1.54, 1.807) is 0 Å². The van der Waals surface area contributed by atoms with Crippen LogP contribution >= 0.6 is 11.3 Å². The van der Waals surface area contributed by atoms with Crippen molar-refractivity contribution in [3.8, 4) is 6.07 Å². The maximum Gasteiger partial charge on any atom is 0.244 e. The van der Waals surface area contributed by atoms with Gasteiger partial charge in [-0.15, -0.1) is 0 Å². The van der Waals surface area contributed by atoms with Gasteiger partial charge in [-0.25, -0.2) is 0 Å². The second-order valence-electron chi connectivity index (χ2n) is 3.37. The van der Waals surface area contributed by atoms with Crippen molar-refractivity contribution >= 4 is 22.9 Å². The SMILES string of the molecule is CCC(C#N)(CC)C(=O)Nc1ccsc1. The molecule has 0 spiro atoms. The zero-order chi connectivity index (χ0) is 11.3. The quantitative estimate of drug-likeness (QED) is 0.851. The third-order valence-electron chi connectivity index (χ3n) is 2.63. The van der Waals surface area contributed by atoms with E-state index >= 15 is 0 Å². The minimum absolute atomic E-state index is 0.201. The highest BCUT2D eigenvalue weighted by molar-refractivity contribution is 7.08. The van der Waals surface area contributed by atoms with Gasteiger partial charge >= 0.3 is 0 Å². The summed E-state index contributed by atoms with van der Waals surface area (Å²) in [4.78, 5) is 11.9. The third-order valence-corrected chi connectivity index (χ3v) is 3.32. The average molecular weight is 222 g/mol. The summed E-state index contributed by atoms with van der Waals surface area (Å²) in [5.74, 6) is -0.201. The minimum Gasteiger partial charge on any atom is -0.324 e. The summed E-state index contributed by atoms with van der Waals surface area (Å²) in [6.07, 6.45) is 1.08. The number of nitrogens with one attached hydrogen (secondary N) is 1. The molecule has 1 rings (SSSR count). The molecule has 80 valence electrons. The Balaban J connectivity index is 2.79. The summed E-state index contributed by atoms with van der Waals surface area (Å²) in [6.45, 7) is 3.72. The third kappa shape index (κ3) is 2.37. The first-order valence-electron chi connectivity index (χ1n) is 4.93. The molecule has 1 amide bonds. The molecule has 0 fully saturated rings. The average Bonchev–Trinajstić information content (AvgIpc) is 2.74. The molecule has 0 saturated carbocycles. The Hall–Kier alpha value is -1.34. The second kappa shape index (κ2) is 4.94. The van der Waals surface area contributed by atoms with Crippen molar-refractivity contribution in [3.63, 3.8) is 0 Å². The Labute approximate surface area is 93.7 Å². The highest BCUT2D eigenvalue weighted by Crippen LogP contribution is 2.27. The van der Waals surface area contributed by atoms with Crippen molar-refractivity contribution in [2.45, 2.75) is 26.7 Å². The van der Waals surface area contributed by atoms with Gasteiger partial charge in [0.15, 0.2) is 0 Å².